The van der Waals surface area contributed by atoms with E-state index in [0.29, 0.717) is 23.9 Å². The predicted molar refractivity (Wildman–Crippen MR) is 83.0 cm³/mol. The van der Waals surface area contributed by atoms with Gasteiger partial charge in [-0.1, -0.05) is 13.8 Å². The number of carbonyl (C=O) groups excluding carboxylic acids is 1. The van der Waals surface area contributed by atoms with E-state index in [1.54, 1.807) is 36.8 Å². The monoisotopic (exact) mass is 305 g/mol. The zero-order valence-electron chi connectivity index (χ0n) is 12.4. The second kappa shape index (κ2) is 7.17. The van der Waals surface area contributed by atoms with Crippen molar-refractivity contribution in [3.63, 3.8) is 0 Å². The van der Waals surface area contributed by atoms with Crippen LogP contribution in [0.4, 0.5) is 0 Å². The number of amides is 1. The van der Waals surface area contributed by atoms with Gasteiger partial charge in [-0.2, -0.15) is 0 Å². The van der Waals surface area contributed by atoms with Gasteiger partial charge < -0.3 is 10.1 Å². The number of hydrogen-bond donors (Lipinski definition) is 1. The zero-order valence-corrected chi connectivity index (χ0v) is 13.2. The number of nitrogens with zero attached hydrogens (tertiary/aromatic N) is 2. The zero-order chi connectivity index (χ0) is 15.2. The molecule has 0 aliphatic carbocycles. The molecule has 2 aromatic heterocycles. The van der Waals surface area contributed by atoms with Crippen LogP contribution in [0.2, 0.25) is 0 Å². The quantitative estimate of drug-likeness (QED) is 0.891. The number of nitrogens with one attached hydrogen (secondary N) is 1. The smallest absolute Gasteiger partial charge is 0.270 e. The molecule has 0 fully saturated rings. The molecule has 0 aliphatic rings. The highest BCUT2D eigenvalue weighted by atomic mass is 32.1. The Morgan fingerprint density at radius 3 is 2.95 bits per heavy atom. The summed E-state index contributed by atoms with van der Waals surface area (Å²) in [6, 6.07) is 3.33. The molecule has 2 aromatic rings. The van der Waals surface area contributed by atoms with Crippen LogP contribution >= 0.6 is 11.3 Å². The fourth-order valence-corrected chi connectivity index (χ4v) is 2.63. The molecule has 112 valence electrons. The van der Waals surface area contributed by atoms with Gasteiger partial charge in [0, 0.05) is 36.5 Å². The van der Waals surface area contributed by atoms with Gasteiger partial charge in [-0.05, 0) is 6.07 Å². The van der Waals surface area contributed by atoms with E-state index in [1.807, 2.05) is 5.38 Å². The van der Waals surface area contributed by atoms with Crippen molar-refractivity contribution in [3.05, 3.63) is 40.1 Å². The van der Waals surface area contributed by atoms with E-state index in [1.165, 1.54) is 0 Å². The summed E-state index contributed by atoms with van der Waals surface area (Å²) in [6.07, 6.45) is 2.28. The Hall–Kier alpha value is -1.95. The maximum Gasteiger partial charge on any atom is 0.270 e. The van der Waals surface area contributed by atoms with Crippen molar-refractivity contribution in [1.82, 2.24) is 15.3 Å². The van der Waals surface area contributed by atoms with Crippen LogP contribution in [0.1, 0.15) is 41.0 Å². The van der Waals surface area contributed by atoms with Gasteiger partial charge >= 0.3 is 0 Å². The molecule has 21 heavy (non-hydrogen) atoms. The Balaban J connectivity index is 1.86. The normalized spacial score (nSPS) is 10.7. The first-order chi connectivity index (χ1) is 10.1. The molecule has 0 spiro atoms. The average molecular weight is 305 g/mol. The molecule has 0 aromatic carbocycles. The Morgan fingerprint density at radius 2 is 2.29 bits per heavy atom. The Kier molecular flexibility index (Phi) is 5.27. The number of ether oxygens (including phenoxy) is 1. The van der Waals surface area contributed by atoms with Crippen molar-refractivity contribution in [2.75, 3.05) is 13.7 Å². The van der Waals surface area contributed by atoms with Crippen LogP contribution < -0.4 is 10.1 Å². The van der Waals surface area contributed by atoms with Crippen LogP contribution in [0, 0.1) is 0 Å². The van der Waals surface area contributed by atoms with Crippen molar-refractivity contribution in [2.24, 2.45) is 0 Å². The number of thiazole rings is 1. The van der Waals surface area contributed by atoms with E-state index >= 15 is 0 Å². The first kappa shape index (κ1) is 15.4. The van der Waals surface area contributed by atoms with Crippen LogP contribution in [0.25, 0.3) is 0 Å². The van der Waals surface area contributed by atoms with E-state index in [4.69, 9.17) is 4.74 Å². The minimum Gasteiger partial charge on any atom is -0.497 e. The summed E-state index contributed by atoms with van der Waals surface area (Å²) in [6.45, 7) is 4.79. The molecule has 1 N–H and O–H groups in total. The van der Waals surface area contributed by atoms with Crippen molar-refractivity contribution >= 4 is 17.2 Å². The molecule has 5 nitrogen and oxygen atoms in total. The molecule has 0 bridgehead atoms. The number of rotatable bonds is 6. The summed E-state index contributed by atoms with van der Waals surface area (Å²) in [5, 5.41) is 6.02. The van der Waals surface area contributed by atoms with E-state index < -0.39 is 0 Å². The van der Waals surface area contributed by atoms with Gasteiger partial charge in [-0.15, -0.1) is 11.3 Å². The van der Waals surface area contributed by atoms with Gasteiger partial charge in [-0.3, -0.25) is 9.78 Å². The first-order valence-electron chi connectivity index (χ1n) is 6.82. The standard InChI is InChI=1S/C15H19N3O2S/c1-10(2)15-18-11(9-21-15)4-6-17-14(19)13-8-12(20-3)5-7-16-13/h5,7-10H,4,6H2,1-3H3,(H,17,19). The molecule has 2 rings (SSSR count). The van der Waals surface area contributed by atoms with Crippen LogP contribution in [0.15, 0.2) is 23.7 Å². The fraction of sp³-hybridized carbons (Fsp3) is 0.400. The van der Waals surface area contributed by atoms with Crippen LogP contribution in [0.5, 0.6) is 5.75 Å². The first-order valence-corrected chi connectivity index (χ1v) is 7.70. The van der Waals surface area contributed by atoms with Gasteiger partial charge in [0.1, 0.15) is 11.4 Å². The minimum atomic E-state index is -0.201. The third-order valence-electron chi connectivity index (χ3n) is 2.93. The molecule has 2 heterocycles. The average Bonchev–Trinajstić information content (AvgIpc) is 2.96. The molecular weight excluding hydrogens is 286 g/mol. The molecule has 1 amide bonds. The maximum atomic E-state index is 12.0. The second-order valence-electron chi connectivity index (χ2n) is 4.92. The highest BCUT2D eigenvalue weighted by molar-refractivity contribution is 7.09. The lowest BCUT2D eigenvalue weighted by Gasteiger charge is -2.05. The number of carbonyl (C=O) groups is 1. The summed E-state index contributed by atoms with van der Waals surface area (Å²) >= 11 is 1.67. The second-order valence-corrected chi connectivity index (χ2v) is 5.81. The topological polar surface area (TPSA) is 64.1 Å². The summed E-state index contributed by atoms with van der Waals surface area (Å²) in [5.41, 5.74) is 1.37. The van der Waals surface area contributed by atoms with E-state index in [0.717, 1.165) is 17.1 Å². The lowest BCUT2D eigenvalue weighted by molar-refractivity contribution is 0.0948. The molecule has 0 saturated heterocycles. The molecular formula is C15H19N3O2S. The predicted octanol–water partition coefficient (Wildman–Crippen LogP) is 2.64. The molecule has 6 heteroatoms. The lowest BCUT2D eigenvalue weighted by Crippen LogP contribution is -2.26. The summed E-state index contributed by atoms with van der Waals surface area (Å²) in [7, 11) is 1.56. The van der Waals surface area contributed by atoms with E-state index in [9.17, 15) is 4.79 Å². The molecule has 0 aliphatic heterocycles. The highest BCUT2D eigenvalue weighted by Gasteiger charge is 2.09. The van der Waals surface area contributed by atoms with Crippen LogP contribution in [0.3, 0.4) is 0 Å². The van der Waals surface area contributed by atoms with Gasteiger partial charge in [0.2, 0.25) is 0 Å². The van der Waals surface area contributed by atoms with Crippen LogP contribution in [-0.4, -0.2) is 29.5 Å². The summed E-state index contributed by atoms with van der Waals surface area (Å²) in [5.74, 6) is 0.865. The molecule has 0 atom stereocenters. The number of aromatic nitrogens is 2. The highest BCUT2D eigenvalue weighted by Crippen LogP contribution is 2.19. The Labute approximate surface area is 128 Å². The van der Waals surface area contributed by atoms with Crippen LogP contribution in [-0.2, 0) is 6.42 Å². The van der Waals surface area contributed by atoms with Gasteiger partial charge in [0.15, 0.2) is 0 Å². The summed E-state index contributed by atoms with van der Waals surface area (Å²) in [4.78, 5) is 20.5. The number of pyridine rings is 1. The Bertz CT molecular complexity index is 610. The fourth-order valence-electron chi connectivity index (χ4n) is 1.76. The lowest BCUT2D eigenvalue weighted by atomic mass is 10.2. The number of methoxy groups -OCH3 is 1. The third kappa shape index (κ3) is 4.26. The largest absolute Gasteiger partial charge is 0.497 e. The number of hydrogen-bond acceptors (Lipinski definition) is 5. The van der Waals surface area contributed by atoms with Crippen molar-refractivity contribution in [1.29, 1.82) is 0 Å². The summed E-state index contributed by atoms with van der Waals surface area (Å²) < 4.78 is 5.08. The van der Waals surface area contributed by atoms with E-state index in [-0.39, 0.29) is 5.91 Å². The van der Waals surface area contributed by atoms with Gasteiger partial charge in [0.05, 0.1) is 17.8 Å². The van der Waals surface area contributed by atoms with Crippen molar-refractivity contribution in [3.8, 4) is 5.75 Å². The molecule has 0 radical (unpaired) electrons. The van der Waals surface area contributed by atoms with Gasteiger partial charge in [0.25, 0.3) is 5.91 Å². The molecule has 0 saturated carbocycles. The SMILES string of the molecule is COc1ccnc(C(=O)NCCc2csc(C(C)C)n2)c1. The minimum absolute atomic E-state index is 0.201. The third-order valence-corrected chi connectivity index (χ3v) is 4.12. The van der Waals surface area contributed by atoms with Crippen molar-refractivity contribution < 1.29 is 9.53 Å². The Morgan fingerprint density at radius 1 is 1.48 bits per heavy atom. The van der Waals surface area contributed by atoms with Gasteiger partial charge in [-0.25, -0.2) is 4.98 Å². The van der Waals surface area contributed by atoms with E-state index in [2.05, 4.69) is 29.1 Å². The van der Waals surface area contributed by atoms with Crippen molar-refractivity contribution in [2.45, 2.75) is 26.2 Å². The maximum absolute atomic E-state index is 12.0. The molecule has 0 unspecified atom stereocenters.